The van der Waals surface area contributed by atoms with E-state index in [1.165, 1.54) is 0 Å². The van der Waals surface area contributed by atoms with Crippen molar-refractivity contribution in [2.24, 2.45) is 0 Å². The Balaban J connectivity index is 2.54. The molecule has 0 fully saturated rings. The highest BCUT2D eigenvalue weighted by molar-refractivity contribution is 14.1. The summed E-state index contributed by atoms with van der Waals surface area (Å²) >= 11 is 2.16. The number of halogens is 1. The van der Waals surface area contributed by atoms with Crippen molar-refractivity contribution >= 4 is 28.5 Å². The van der Waals surface area contributed by atoms with Crippen molar-refractivity contribution < 1.29 is 9.90 Å². The molecule has 3 nitrogen and oxygen atoms in total. The summed E-state index contributed by atoms with van der Waals surface area (Å²) in [5.41, 5.74) is 0.630. The lowest BCUT2D eigenvalue weighted by atomic mass is 10.2. The van der Waals surface area contributed by atoms with Gasteiger partial charge >= 0.3 is 0 Å². The van der Waals surface area contributed by atoms with Crippen LogP contribution in [0.2, 0.25) is 0 Å². The highest BCUT2D eigenvalue weighted by Crippen LogP contribution is 2.07. The van der Waals surface area contributed by atoms with Crippen molar-refractivity contribution in [3.63, 3.8) is 0 Å². The third-order valence-corrected chi connectivity index (χ3v) is 2.73. The summed E-state index contributed by atoms with van der Waals surface area (Å²) in [5, 5.41) is 12.0. The van der Waals surface area contributed by atoms with Gasteiger partial charge in [0.2, 0.25) is 0 Å². The molecule has 1 aromatic carbocycles. The Morgan fingerprint density at radius 2 is 2.33 bits per heavy atom. The number of benzene rings is 1. The highest BCUT2D eigenvalue weighted by Gasteiger charge is 2.07. The SMILES string of the molecule is CCC(O)CNC(=O)c1cccc(I)c1. The number of carbonyl (C=O) groups excluding carboxylic acids is 1. The van der Waals surface area contributed by atoms with Gasteiger partial charge in [-0.1, -0.05) is 13.0 Å². The zero-order valence-corrected chi connectivity index (χ0v) is 10.7. The van der Waals surface area contributed by atoms with Gasteiger partial charge in [0.15, 0.2) is 0 Å². The molecule has 0 bridgehead atoms. The molecule has 0 aliphatic rings. The van der Waals surface area contributed by atoms with Crippen LogP contribution in [0.15, 0.2) is 24.3 Å². The van der Waals surface area contributed by atoms with Crippen LogP contribution in [0.1, 0.15) is 23.7 Å². The van der Waals surface area contributed by atoms with Gasteiger partial charge in [0.05, 0.1) is 6.10 Å². The lowest BCUT2D eigenvalue weighted by Crippen LogP contribution is -2.31. The van der Waals surface area contributed by atoms with Crippen molar-refractivity contribution in [3.05, 3.63) is 33.4 Å². The quantitative estimate of drug-likeness (QED) is 0.832. The summed E-state index contributed by atoms with van der Waals surface area (Å²) in [4.78, 5) is 11.6. The van der Waals surface area contributed by atoms with Crippen LogP contribution in [0.25, 0.3) is 0 Å². The van der Waals surface area contributed by atoms with Crippen LogP contribution in [0.3, 0.4) is 0 Å². The zero-order chi connectivity index (χ0) is 11.3. The van der Waals surface area contributed by atoms with Gasteiger partial charge in [-0.05, 0) is 47.2 Å². The molecular formula is C11H14INO2. The fourth-order valence-corrected chi connectivity index (χ4v) is 1.63. The summed E-state index contributed by atoms with van der Waals surface area (Å²) < 4.78 is 1.02. The fraction of sp³-hybridized carbons (Fsp3) is 0.364. The molecule has 1 unspecified atom stereocenters. The monoisotopic (exact) mass is 319 g/mol. The fourth-order valence-electron chi connectivity index (χ4n) is 1.09. The standard InChI is InChI=1S/C11H14INO2/c1-2-10(14)7-13-11(15)8-4-3-5-9(12)6-8/h3-6,10,14H,2,7H2,1H3,(H,13,15). The first-order valence-corrected chi connectivity index (χ1v) is 5.93. The van der Waals surface area contributed by atoms with Crippen molar-refractivity contribution in [3.8, 4) is 0 Å². The topological polar surface area (TPSA) is 49.3 Å². The number of nitrogens with one attached hydrogen (secondary N) is 1. The molecule has 1 amide bonds. The Labute approximate surface area is 103 Å². The van der Waals surface area contributed by atoms with Gasteiger partial charge < -0.3 is 10.4 Å². The minimum absolute atomic E-state index is 0.138. The van der Waals surface area contributed by atoms with Crippen LogP contribution in [-0.2, 0) is 0 Å². The average molecular weight is 319 g/mol. The molecule has 0 aromatic heterocycles. The smallest absolute Gasteiger partial charge is 0.251 e. The van der Waals surface area contributed by atoms with Crippen molar-refractivity contribution in [2.45, 2.75) is 19.4 Å². The molecule has 0 heterocycles. The maximum Gasteiger partial charge on any atom is 0.251 e. The number of carbonyl (C=O) groups is 1. The number of hydrogen-bond acceptors (Lipinski definition) is 2. The number of rotatable bonds is 4. The minimum atomic E-state index is -0.461. The lowest BCUT2D eigenvalue weighted by molar-refractivity contribution is 0.0914. The van der Waals surface area contributed by atoms with E-state index >= 15 is 0 Å². The van der Waals surface area contributed by atoms with Crippen molar-refractivity contribution in [2.75, 3.05) is 6.54 Å². The summed E-state index contributed by atoms with van der Waals surface area (Å²) in [7, 11) is 0. The Kier molecular flexibility index (Phi) is 5.04. The van der Waals surface area contributed by atoms with E-state index in [-0.39, 0.29) is 5.91 Å². The van der Waals surface area contributed by atoms with E-state index in [1.807, 2.05) is 25.1 Å². The van der Waals surface area contributed by atoms with Crippen molar-refractivity contribution in [1.29, 1.82) is 0 Å². The van der Waals surface area contributed by atoms with Crippen molar-refractivity contribution in [1.82, 2.24) is 5.32 Å². The molecule has 0 aliphatic heterocycles. The van der Waals surface area contributed by atoms with Gasteiger partial charge in [0.25, 0.3) is 5.91 Å². The van der Waals surface area contributed by atoms with Gasteiger partial charge in [-0.3, -0.25) is 4.79 Å². The molecule has 0 saturated carbocycles. The second-order valence-electron chi connectivity index (χ2n) is 3.28. The molecule has 2 N–H and O–H groups in total. The molecule has 1 rings (SSSR count). The summed E-state index contributed by atoms with van der Waals surface area (Å²) in [5.74, 6) is -0.138. The number of hydrogen-bond donors (Lipinski definition) is 2. The van der Waals surface area contributed by atoms with Gasteiger partial charge in [-0.25, -0.2) is 0 Å². The van der Waals surface area contributed by atoms with E-state index in [0.717, 1.165) is 3.57 Å². The molecule has 82 valence electrons. The van der Waals surface area contributed by atoms with E-state index < -0.39 is 6.10 Å². The summed E-state index contributed by atoms with van der Waals surface area (Å²) in [6, 6.07) is 7.34. The van der Waals surface area contributed by atoms with Crippen LogP contribution in [0.4, 0.5) is 0 Å². The molecule has 15 heavy (non-hydrogen) atoms. The van der Waals surface area contributed by atoms with Gasteiger partial charge in [0.1, 0.15) is 0 Å². The molecule has 0 radical (unpaired) electrons. The van der Waals surface area contributed by atoms with Crippen LogP contribution in [0.5, 0.6) is 0 Å². The second kappa shape index (κ2) is 6.07. The zero-order valence-electron chi connectivity index (χ0n) is 8.53. The Morgan fingerprint density at radius 3 is 2.93 bits per heavy atom. The molecular weight excluding hydrogens is 305 g/mol. The van der Waals surface area contributed by atoms with Crippen LogP contribution in [-0.4, -0.2) is 23.7 Å². The second-order valence-corrected chi connectivity index (χ2v) is 4.53. The molecule has 0 saturated heterocycles. The molecule has 4 heteroatoms. The normalized spacial score (nSPS) is 12.2. The largest absolute Gasteiger partial charge is 0.391 e. The predicted molar refractivity (Wildman–Crippen MR) is 67.8 cm³/mol. The highest BCUT2D eigenvalue weighted by atomic mass is 127. The maximum absolute atomic E-state index is 11.6. The Morgan fingerprint density at radius 1 is 1.60 bits per heavy atom. The third kappa shape index (κ3) is 4.17. The van der Waals surface area contributed by atoms with E-state index in [0.29, 0.717) is 18.5 Å². The predicted octanol–water partition coefficient (Wildman–Crippen LogP) is 1.79. The van der Waals surface area contributed by atoms with Crippen LogP contribution in [0, 0.1) is 3.57 Å². The van der Waals surface area contributed by atoms with E-state index in [9.17, 15) is 9.90 Å². The van der Waals surface area contributed by atoms with Gasteiger partial charge in [-0.15, -0.1) is 0 Å². The molecule has 1 aromatic rings. The minimum Gasteiger partial charge on any atom is -0.391 e. The number of aliphatic hydroxyl groups excluding tert-OH is 1. The first kappa shape index (κ1) is 12.4. The maximum atomic E-state index is 11.6. The first-order valence-electron chi connectivity index (χ1n) is 4.85. The number of amides is 1. The molecule has 0 aliphatic carbocycles. The number of aliphatic hydroxyl groups is 1. The lowest BCUT2D eigenvalue weighted by Gasteiger charge is -2.09. The Bertz CT molecular complexity index is 341. The van der Waals surface area contributed by atoms with Crippen LogP contribution >= 0.6 is 22.6 Å². The van der Waals surface area contributed by atoms with E-state index in [4.69, 9.17) is 0 Å². The van der Waals surface area contributed by atoms with Gasteiger partial charge in [0, 0.05) is 15.7 Å². The van der Waals surface area contributed by atoms with E-state index in [2.05, 4.69) is 27.9 Å². The van der Waals surface area contributed by atoms with Crippen LogP contribution < -0.4 is 5.32 Å². The molecule has 0 spiro atoms. The average Bonchev–Trinajstić information content (AvgIpc) is 2.25. The van der Waals surface area contributed by atoms with Gasteiger partial charge in [-0.2, -0.15) is 0 Å². The third-order valence-electron chi connectivity index (χ3n) is 2.06. The summed E-state index contributed by atoms with van der Waals surface area (Å²) in [6.07, 6.45) is 0.184. The summed E-state index contributed by atoms with van der Waals surface area (Å²) in [6.45, 7) is 2.18. The van der Waals surface area contributed by atoms with E-state index in [1.54, 1.807) is 6.07 Å². The Hall–Kier alpha value is -0.620. The molecule has 1 atom stereocenters. The first-order chi connectivity index (χ1) is 7.13.